The van der Waals surface area contributed by atoms with Crippen LogP contribution < -0.4 is 0 Å². The van der Waals surface area contributed by atoms with Crippen molar-refractivity contribution in [2.45, 2.75) is 33.8 Å². The number of rotatable bonds is 5. The number of aromatic nitrogens is 1. The van der Waals surface area contributed by atoms with Gasteiger partial charge in [-0.15, -0.1) is 0 Å². The summed E-state index contributed by atoms with van der Waals surface area (Å²) in [5, 5.41) is 0.146. The van der Waals surface area contributed by atoms with Crippen molar-refractivity contribution in [2.24, 2.45) is 0 Å². The molecule has 0 saturated carbocycles. The number of nitrogens with one attached hydrogen (secondary N) is 1. The minimum Gasteiger partial charge on any atom is -0.451 e. The van der Waals surface area contributed by atoms with Crippen LogP contribution in [-0.4, -0.2) is 28.6 Å². The van der Waals surface area contributed by atoms with E-state index in [9.17, 15) is 18.8 Å². The number of H-pyrrole nitrogens is 1. The average molecular weight is 366 g/mol. The van der Waals surface area contributed by atoms with Gasteiger partial charge in [-0.1, -0.05) is 11.6 Å². The van der Waals surface area contributed by atoms with Crippen LogP contribution in [0.4, 0.5) is 4.39 Å². The minimum absolute atomic E-state index is 0.146. The van der Waals surface area contributed by atoms with E-state index in [1.54, 1.807) is 13.8 Å². The van der Waals surface area contributed by atoms with E-state index >= 15 is 0 Å². The van der Waals surface area contributed by atoms with Gasteiger partial charge in [-0.2, -0.15) is 0 Å². The Balaban J connectivity index is 2.22. The number of hydrogen-bond donors (Lipinski definition) is 1. The molecule has 0 aliphatic carbocycles. The highest BCUT2D eigenvalue weighted by Gasteiger charge is 2.27. The summed E-state index contributed by atoms with van der Waals surface area (Å²) in [6.07, 6.45) is -1.15. The van der Waals surface area contributed by atoms with Crippen molar-refractivity contribution in [3.8, 4) is 0 Å². The summed E-state index contributed by atoms with van der Waals surface area (Å²) >= 11 is 5.64. The SMILES string of the molecule is CC(=O)c1c(C)[nH]c(C(=O)[C@@H](C)OC(=O)c2ccc(Cl)cc2F)c1C. The van der Waals surface area contributed by atoms with Gasteiger partial charge in [-0.25, -0.2) is 9.18 Å². The number of halogens is 2. The molecule has 7 heteroatoms. The maximum Gasteiger partial charge on any atom is 0.341 e. The third-order valence-corrected chi connectivity index (χ3v) is 4.08. The summed E-state index contributed by atoms with van der Waals surface area (Å²) in [7, 11) is 0. The Morgan fingerprint density at radius 2 is 1.88 bits per heavy atom. The number of esters is 1. The lowest BCUT2D eigenvalue weighted by molar-refractivity contribution is 0.0312. The molecule has 0 unspecified atom stereocenters. The normalized spacial score (nSPS) is 11.9. The number of hydrogen-bond acceptors (Lipinski definition) is 4. The summed E-state index contributed by atoms with van der Waals surface area (Å²) in [6, 6.07) is 3.53. The molecule has 25 heavy (non-hydrogen) atoms. The van der Waals surface area contributed by atoms with Crippen molar-refractivity contribution < 1.29 is 23.5 Å². The van der Waals surface area contributed by atoms with Crippen LogP contribution in [0, 0.1) is 19.7 Å². The predicted molar refractivity (Wildman–Crippen MR) is 90.9 cm³/mol. The Bertz CT molecular complexity index is 872. The highest BCUT2D eigenvalue weighted by atomic mass is 35.5. The molecule has 0 bridgehead atoms. The Kier molecular flexibility index (Phi) is 5.42. The number of carbonyl (C=O) groups excluding carboxylic acids is 3. The maximum absolute atomic E-state index is 13.8. The zero-order valence-corrected chi connectivity index (χ0v) is 15.0. The van der Waals surface area contributed by atoms with E-state index in [1.165, 1.54) is 26.0 Å². The molecule has 0 fully saturated rings. The van der Waals surface area contributed by atoms with Crippen LogP contribution in [0.3, 0.4) is 0 Å². The molecule has 0 amide bonds. The minimum atomic E-state index is -1.15. The van der Waals surface area contributed by atoms with E-state index in [-0.39, 0.29) is 22.1 Å². The van der Waals surface area contributed by atoms with E-state index in [0.29, 0.717) is 16.8 Å². The van der Waals surface area contributed by atoms with Gasteiger partial charge >= 0.3 is 5.97 Å². The molecule has 132 valence electrons. The van der Waals surface area contributed by atoms with Crippen LogP contribution in [0.15, 0.2) is 18.2 Å². The Morgan fingerprint density at radius 3 is 2.40 bits per heavy atom. The van der Waals surface area contributed by atoms with Crippen LogP contribution in [0.5, 0.6) is 0 Å². The summed E-state index contributed by atoms with van der Waals surface area (Å²) in [5.41, 5.74) is 1.38. The topological polar surface area (TPSA) is 76.2 Å². The lowest BCUT2D eigenvalue weighted by Crippen LogP contribution is -2.25. The standard InChI is InChI=1S/C18H17ClFNO4/c1-8-15(10(3)22)9(2)21-16(8)17(23)11(4)25-18(24)13-6-5-12(19)7-14(13)20/h5-7,11,21H,1-4H3/t11-/m1/s1. The summed E-state index contributed by atoms with van der Waals surface area (Å²) in [4.78, 5) is 39.1. The van der Waals surface area contributed by atoms with Crippen LogP contribution in [-0.2, 0) is 4.74 Å². The fraction of sp³-hybridized carbons (Fsp3) is 0.278. The molecule has 2 rings (SSSR count). The van der Waals surface area contributed by atoms with Crippen molar-refractivity contribution in [1.29, 1.82) is 0 Å². The second-order valence-corrected chi connectivity index (χ2v) is 6.15. The first kappa shape index (κ1) is 18.9. The average Bonchev–Trinajstić information content (AvgIpc) is 2.80. The first-order chi connectivity index (χ1) is 11.6. The number of benzene rings is 1. The fourth-order valence-electron chi connectivity index (χ4n) is 2.66. The molecule has 0 aliphatic heterocycles. The van der Waals surface area contributed by atoms with E-state index in [2.05, 4.69) is 4.98 Å². The predicted octanol–water partition coefficient (Wildman–Crippen LogP) is 4.05. The number of carbonyl (C=O) groups is 3. The summed E-state index contributed by atoms with van der Waals surface area (Å²) in [5.74, 6) is -2.47. The second-order valence-electron chi connectivity index (χ2n) is 5.72. The van der Waals surface area contributed by atoms with Crippen molar-refractivity contribution in [3.05, 3.63) is 57.1 Å². The van der Waals surface area contributed by atoms with Gasteiger partial charge in [0.2, 0.25) is 5.78 Å². The van der Waals surface area contributed by atoms with E-state index in [4.69, 9.17) is 16.3 Å². The first-order valence-corrected chi connectivity index (χ1v) is 7.91. The largest absolute Gasteiger partial charge is 0.451 e. The van der Waals surface area contributed by atoms with Gasteiger partial charge in [0.1, 0.15) is 5.82 Å². The first-order valence-electron chi connectivity index (χ1n) is 7.53. The fourth-order valence-corrected chi connectivity index (χ4v) is 2.82. The van der Waals surface area contributed by atoms with Crippen molar-refractivity contribution in [2.75, 3.05) is 0 Å². The van der Waals surface area contributed by atoms with Gasteiger partial charge in [0.05, 0.1) is 11.3 Å². The Labute approximate surface area is 149 Å². The Hall–Kier alpha value is -2.47. The van der Waals surface area contributed by atoms with Gasteiger partial charge in [0.25, 0.3) is 0 Å². The molecule has 2 aromatic rings. The molecular weight excluding hydrogens is 349 g/mol. The summed E-state index contributed by atoms with van der Waals surface area (Å²) in [6.45, 7) is 6.11. The molecule has 1 atom stereocenters. The number of ketones is 2. The molecule has 0 spiro atoms. The van der Waals surface area contributed by atoms with Gasteiger partial charge in [-0.3, -0.25) is 9.59 Å². The van der Waals surface area contributed by atoms with Crippen molar-refractivity contribution >= 4 is 29.1 Å². The number of ether oxygens (including phenoxy) is 1. The maximum atomic E-state index is 13.8. The highest BCUT2D eigenvalue weighted by Crippen LogP contribution is 2.21. The lowest BCUT2D eigenvalue weighted by Gasteiger charge is -2.12. The molecule has 1 N–H and O–H groups in total. The second kappa shape index (κ2) is 7.19. The summed E-state index contributed by atoms with van der Waals surface area (Å²) < 4.78 is 18.8. The molecule has 0 saturated heterocycles. The quantitative estimate of drug-likeness (QED) is 0.640. The van der Waals surface area contributed by atoms with Crippen LogP contribution >= 0.6 is 11.6 Å². The number of aromatic amines is 1. The number of Topliss-reactive ketones (excluding diaryl/α,β-unsaturated/α-hetero) is 2. The molecule has 0 aliphatic rings. The molecule has 1 aromatic heterocycles. The molecule has 5 nitrogen and oxygen atoms in total. The van der Waals surface area contributed by atoms with Gasteiger partial charge in [0.15, 0.2) is 11.9 Å². The third-order valence-electron chi connectivity index (χ3n) is 3.84. The van der Waals surface area contributed by atoms with E-state index < -0.39 is 23.7 Å². The molecule has 0 radical (unpaired) electrons. The molecule has 1 aromatic carbocycles. The van der Waals surface area contributed by atoms with E-state index in [0.717, 1.165) is 6.07 Å². The van der Waals surface area contributed by atoms with Crippen LogP contribution in [0.2, 0.25) is 5.02 Å². The van der Waals surface area contributed by atoms with Gasteiger partial charge in [-0.05, 0) is 51.5 Å². The van der Waals surface area contributed by atoms with Gasteiger partial charge < -0.3 is 9.72 Å². The zero-order chi connectivity index (χ0) is 18.9. The molecular formula is C18H17ClFNO4. The third kappa shape index (κ3) is 3.79. The van der Waals surface area contributed by atoms with Crippen molar-refractivity contribution in [3.63, 3.8) is 0 Å². The number of aryl methyl sites for hydroxylation is 1. The molecule has 1 heterocycles. The smallest absolute Gasteiger partial charge is 0.341 e. The lowest BCUT2D eigenvalue weighted by atomic mass is 10.0. The van der Waals surface area contributed by atoms with Crippen LogP contribution in [0.25, 0.3) is 0 Å². The highest BCUT2D eigenvalue weighted by molar-refractivity contribution is 6.30. The zero-order valence-electron chi connectivity index (χ0n) is 14.2. The van der Waals surface area contributed by atoms with Crippen molar-refractivity contribution in [1.82, 2.24) is 4.98 Å². The van der Waals surface area contributed by atoms with Gasteiger partial charge in [0, 0.05) is 16.3 Å². The van der Waals surface area contributed by atoms with E-state index in [1.807, 2.05) is 0 Å². The monoisotopic (exact) mass is 365 g/mol. The Morgan fingerprint density at radius 1 is 1.24 bits per heavy atom. The van der Waals surface area contributed by atoms with Crippen LogP contribution in [0.1, 0.15) is 56.3 Å².